The van der Waals surface area contributed by atoms with Crippen LogP contribution in [-0.4, -0.2) is 5.78 Å². The van der Waals surface area contributed by atoms with Gasteiger partial charge >= 0.3 is 49.4 Å². The maximum atomic E-state index is 11.3. The molecule has 0 heterocycles. The van der Waals surface area contributed by atoms with Gasteiger partial charge in [0.05, 0.1) is 11.6 Å². The van der Waals surface area contributed by atoms with Crippen molar-refractivity contribution in [2.45, 2.75) is 13.5 Å². The van der Waals surface area contributed by atoms with E-state index in [1.165, 1.54) is 0 Å². The number of halogens is 2. The third kappa shape index (κ3) is 7.14. The van der Waals surface area contributed by atoms with Gasteiger partial charge in [-0.1, -0.05) is 18.2 Å². The third-order valence-electron chi connectivity index (χ3n) is 2.72. The zero-order valence-corrected chi connectivity index (χ0v) is 17.5. The molecule has 2 rings (SSSR count). The molecule has 0 aliphatic heterocycles. The number of rotatable bonds is 4. The molecule has 0 radical (unpaired) electrons. The first-order valence-electron chi connectivity index (χ1n) is 6.25. The summed E-state index contributed by atoms with van der Waals surface area (Å²) < 4.78 is 5.61. The second-order valence-electron chi connectivity index (χ2n) is 4.25. The van der Waals surface area contributed by atoms with Crippen LogP contribution in [0.1, 0.15) is 28.4 Å². The number of nitriles is 1. The molecular formula is C16H13I2NO2V. The molecule has 3 nitrogen and oxygen atoms in total. The number of Topliss-reactive ketones (excluding diaryl/α,β-unsaturated/α-hetero) is 1. The van der Waals surface area contributed by atoms with Crippen molar-refractivity contribution < 1.29 is 19.0 Å². The fraction of sp³-hybridized carbons (Fsp3) is 0.125. The Hall–Kier alpha value is -0.556. The number of carbonyl (C=O) groups excluding carboxylic acids is 1. The van der Waals surface area contributed by atoms with Crippen LogP contribution in [-0.2, 0) is 16.1 Å². The molecule has 2 aromatic carbocycles. The van der Waals surface area contributed by atoms with Crippen LogP contribution in [0.2, 0.25) is 0 Å². The van der Waals surface area contributed by atoms with E-state index in [1.54, 1.807) is 37.3 Å². The van der Waals surface area contributed by atoms with Crippen LogP contribution in [0.4, 0.5) is 0 Å². The molecule has 0 fully saturated rings. The summed E-state index contributed by atoms with van der Waals surface area (Å²) in [5, 5.41) is 8.70. The summed E-state index contributed by atoms with van der Waals surface area (Å²) in [4.78, 5) is 11.3. The quantitative estimate of drug-likeness (QED) is 0.389. The van der Waals surface area contributed by atoms with Crippen molar-refractivity contribution in [2.75, 3.05) is 0 Å². The van der Waals surface area contributed by atoms with E-state index in [0.29, 0.717) is 32.9 Å². The second kappa shape index (κ2) is 11.1. The topological polar surface area (TPSA) is 50.1 Å². The normalized spacial score (nSPS) is 9.00. The maximum absolute atomic E-state index is 11.3. The van der Waals surface area contributed by atoms with Crippen molar-refractivity contribution in [3.8, 4) is 11.8 Å². The van der Waals surface area contributed by atoms with Crippen LogP contribution >= 0.6 is 40.0 Å². The molecular weight excluding hydrogens is 543 g/mol. The third-order valence-corrected chi connectivity index (χ3v) is 2.72. The molecule has 0 aromatic heterocycles. The van der Waals surface area contributed by atoms with Crippen LogP contribution in [0.5, 0.6) is 5.75 Å². The average Bonchev–Trinajstić information content (AvgIpc) is 2.54. The summed E-state index contributed by atoms with van der Waals surface area (Å²) in [5.74, 6) is 0.743. The van der Waals surface area contributed by atoms with E-state index in [2.05, 4.69) is 46.0 Å². The molecule has 0 aliphatic rings. The van der Waals surface area contributed by atoms with E-state index in [4.69, 9.17) is 10.00 Å². The van der Waals surface area contributed by atoms with Gasteiger partial charge in [-0.2, -0.15) is 5.26 Å². The minimum atomic E-state index is 0.0419. The number of hydrogen-bond donors (Lipinski definition) is 0. The Balaban J connectivity index is 0.000000745. The number of ketones is 1. The van der Waals surface area contributed by atoms with E-state index in [9.17, 15) is 4.79 Å². The molecule has 0 aliphatic carbocycles. The minimum absolute atomic E-state index is 0.0419. The van der Waals surface area contributed by atoms with E-state index in [1.807, 2.05) is 18.2 Å². The van der Waals surface area contributed by atoms with Gasteiger partial charge < -0.3 is 4.74 Å². The predicted molar refractivity (Wildman–Crippen MR) is 100.0 cm³/mol. The van der Waals surface area contributed by atoms with E-state index >= 15 is 0 Å². The summed E-state index contributed by atoms with van der Waals surface area (Å²) >= 11 is 4.74. The molecule has 0 saturated carbocycles. The Bertz CT molecular complexity index is 654. The molecule has 113 valence electrons. The van der Waals surface area contributed by atoms with Crippen molar-refractivity contribution in [2.24, 2.45) is 0 Å². The van der Waals surface area contributed by atoms with E-state index < -0.39 is 0 Å². The molecule has 2 aromatic rings. The van der Waals surface area contributed by atoms with E-state index in [-0.39, 0.29) is 5.78 Å². The monoisotopic (exact) mass is 556 g/mol. The van der Waals surface area contributed by atoms with Gasteiger partial charge in [0.2, 0.25) is 0 Å². The number of nitrogens with zero attached hydrogens (tertiary/aromatic N) is 1. The van der Waals surface area contributed by atoms with Crippen molar-refractivity contribution in [3.63, 3.8) is 0 Å². The fourth-order valence-corrected chi connectivity index (χ4v) is 1.67. The van der Waals surface area contributed by atoms with Crippen molar-refractivity contribution in [3.05, 3.63) is 65.2 Å². The summed E-state index contributed by atoms with van der Waals surface area (Å²) in [7, 11) is 0.628. The SMILES string of the molecule is CC(=O)c1cccc(COc2ccc(C#N)cc2)c1.[I][V][I]. The summed E-state index contributed by atoms with van der Waals surface area (Å²) in [6, 6.07) is 16.4. The van der Waals surface area contributed by atoms with Gasteiger partial charge in [-0.15, -0.1) is 0 Å². The average molecular weight is 556 g/mol. The second-order valence-corrected chi connectivity index (χ2v) is 16.0. The molecule has 0 bridgehead atoms. The van der Waals surface area contributed by atoms with Gasteiger partial charge in [0.1, 0.15) is 12.4 Å². The Labute approximate surface area is 159 Å². The predicted octanol–water partition coefficient (Wildman–Crippen LogP) is 5.11. The zero-order valence-electron chi connectivity index (χ0n) is 11.8. The summed E-state index contributed by atoms with van der Waals surface area (Å²) in [6.07, 6.45) is 0. The number of hydrogen-bond acceptors (Lipinski definition) is 3. The van der Waals surface area contributed by atoms with Gasteiger partial charge in [0.15, 0.2) is 5.78 Å². The standard InChI is InChI=1S/C16H13NO2.2HI.V/c1-12(18)15-4-2-3-14(9-15)11-19-16-7-5-13(10-17)6-8-16;;;/h2-9H,11H2,1H3;2*1H;/q;;;+2/p-2. The molecule has 0 spiro atoms. The Morgan fingerprint density at radius 1 is 1.23 bits per heavy atom. The van der Waals surface area contributed by atoms with Gasteiger partial charge in [-0.25, -0.2) is 0 Å². The number of ether oxygens (including phenoxy) is 1. The first-order chi connectivity index (χ1) is 10.6. The van der Waals surface area contributed by atoms with Gasteiger partial charge in [-0.3, -0.25) is 4.79 Å². The zero-order chi connectivity index (χ0) is 16.4. The van der Waals surface area contributed by atoms with Crippen LogP contribution < -0.4 is 4.74 Å². The summed E-state index contributed by atoms with van der Waals surface area (Å²) in [6.45, 7) is 1.94. The first kappa shape index (κ1) is 19.5. The first-order valence-corrected chi connectivity index (χ1v) is 15.3. The van der Waals surface area contributed by atoms with Crippen molar-refractivity contribution in [1.29, 1.82) is 5.26 Å². The molecule has 0 amide bonds. The van der Waals surface area contributed by atoms with Gasteiger partial charge in [-0.05, 0) is 42.8 Å². The van der Waals surface area contributed by atoms with Crippen molar-refractivity contribution >= 4 is 45.7 Å². The Morgan fingerprint density at radius 3 is 2.41 bits per heavy atom. The van der Waals surface area contributed by atoms with Gasteiger partial charge in [0.25, 0.3) is 0 Å². The van der Waals surface area contributed by atoms with Crippen LogP contribution in [0, 0.1) is 11.3 Å². The Kier molecular flexibility index (Phi) is 9.79. The van der Waals surface area contributed by atoms with Crippen molar-refractivity contribution in [1.82, 2.24) is 0 Å². The number of carbonyl (C=O) groups is 1. The summed E-state index contributed by atoms with van der Waals surface area (Å²) in [5.41, 5.74) is 2.23. The van der Waals surface area contributed by atoms with Crippen LogP contribution in [0.3, 0.4) is 0 Å². The fourth-order valence-electron chi connectivity index (χ4n) is 1.67. The molecule has 0 saturated heterocycles. The van der Waals surface area contributed by atoms with Crippen LogP contribution in [0.25, 0.3) is 0 Å². The molecule has 0 unspecified atom stereocenters. The van der Waals surface area contributed by atoms with Crippen LogP contribution in [0.15, 0.2) is 48.5 Å². The molecule has 0 atom stereocenters. The Morgan fingerprint density at radius 2 is 1.86 bits per heavy atom. The molecule has 22 heavy (non-hydrogen) atoms. The van der Waals surface area contributed by atoms with Gasteiger partial charge in [0, 0.05) is 5.56 Å². The molecule has 6 heteroatoms. The van der Waals surface area contributed by atoms with E-state index in [0.717, 1.165) is 5.56 Å². The number of benzene rings is 2. The molecule has 0 N–H and O–H groups in total.